The van der Waals surface area contributed by atoms with E-state index in [0.717, 1.165) is 0 Å². The van der Waals surface area contributed by atoms with Gasteiger partial charge in [-0.25, -0.2) is 9.18 Å². The van der Waals surface area contributed by atoms with Crippen molar-refractivity contribution >= 4 is 5.97 Å². The largest absolute Gasteiger partial charge is 0.478 e. The Morgan fingerprint density at radius 3 is 2.69 bits per heavy atom. The Morgan fingerprint density at radius 1 is 1.62 bits per heavy atom. The molecule has 3 N–H and O–H groups in total. The fourth-order valence-electron chi connectivity index (χ4n) is 1.10. The highest BCUT2D eigenvalue weighted by Crippen LogP contribution is 2.14. The molecule has 1 aromatic carbocycles. The van der Waals surface area contributed by atoms with Crippen LogP contribution in [0.1, 0.15) is 21.5 Å². The molecule has 13 heavy (non-hydrogen) atoms. The van der Waals surface area contributed by atoms with E-state index in [2.05, 4.69) is 0 Å². The first-order valence-electron chi connectivity index (χ1n) is 3.78. The van der Waals surface area contributed by atoms with Crippen molar-refractivity contribution in [1.82, 2.24) is 0 Å². The lowest BCUT2D eigenvalue weighted by atomic mass is 10.0. The summed E-state index contributed by atoms with van der Waals surface area (Å²) in [5, 5.41) is 8.60. The minimum absolute atomic E-state index is 0.215. The number of nitrogens with two attached hydrogens (primary N) is 1. The predicted octanol–water partition coefficient (Wildman–Crippen LogP) is 1.29. The third-order valence-corrected chi connectivity index (χ3v) is 1.88. The number of aromatic carboxylic acids is 1. The van der Waals surface area contributed by atoms with Crippen LogP contribution in [0, 0.1) is 12.7 Å². The average Bonchev–Trinajstić information content (AvgIpc) is 2.03. The van der Waals surface area contributed by atoms with Gasteiger partial charge >= 0.3 is 5.97 Å². The summed E-state index contributed by atoms with van der Waals surface area (Å²) in [5.41, 5.74) is 6.35. The van der Waals surface area contributed by atoms with Gasteiger partial charge < -0.3 is 10.8 Å². The van der Waals surface area contributed by atoms with Crippen LogP contribution in [0.15, 0.2) is 12.1 Å². The van der Waals surface area contributed by atoms with Crippen molar-refractivity contribution in [3.8, 4) is 0 Å². The van der Waals surface area contributed by atoms with Gasteiger partial charge in [0.25, 0.3) is 0 Å². The van der Waals surface area contributed by atoms with E-state index in [1.54, 1.807) is 6.92 Å². The Balaban J connectivity index is 3.30. The quantitative estimate of drug-likeness (QED) is 0.726. The SMILES string of the molecule is Cc1cc(F)c(C(=O)O)cc1CN. The van der Waals surface area contributed by atoms with E-state index in [-0.39, 0.29) is 12.1 Å². The van der Waals surface area contributed by atoms with E-state index in [4.69, 9.17) is 10.8 Å². The lowest BCUT2D eigenvalue weighted by Gasteiger charge is -2.05. The molecule has 0 saturated carbocycles. The van der Waals surface area contributed by atoms with Gasteiger partial charge in [-0.05, 0) is 30.2 Å². The normalized spacial score (nSPS) is 10.1. The number of halogens is 1. The first-order chi connectivity index (χ1) is 6.06. The van der Waals surface area contributed by atoms with E-state index in [1.807, 2.05) is 0 Å². The third kappa shape index (κ3) is 1.84. The van der Waals surface area contributed by atoms with Crippen molar-refractivity contribution in [2.24, 2.45) is 5.73 Å². The summed E-state index contributed by atoms with van der Waals surface area (Å²) < 4.78 is 13.0. The van der Waals surface area contributed by atoms with Crippen LogP contribution >= 0.6 is 0 Å². The summed E-state index contributed by atoms with van der Waals surface area (Å²) in [5.74, 6) is -1.99. The molecule has 70 valence electrons. The van der Waals surface area contributed by atoms with Crippen LogP contribution in [0.3, 0.4) is 0 Å². The molecule has 4 heteroatoms. The van der Waals surface area contributed by atoms with Gasteiger partial charge in [-0.2, -0.15) is 0 Å². The highest BCUT2D eigenvalue weighted by Gasteiger charge is 2.12. The van der Waals surface area contributed by atoms with Gasteiger partial charge in [0, 0.05) is 6.54 Å². The van der Waals surface area contributed by atoms with Crippen molar-refractivity contribution in [3.05, 3.63) is 34.6 Å². The van der Waals surface area contributed by atoms with Gasteiger partial charge in [0.2, 0.25) is 0 Å². The monoisotopic (exact) mass is 183 g/mol. The standard InChI is InChI=1S/C9H10FNO2/c1-5-2-8(10)7(9(12)13)3-6(5)4-11/h2-3H,4,11H2,1H3,(H,12,13). The Hall–Kier alpha value is -1.42. The molecule has 0 atom stereocenters. The molecule has 0 bridgehead atoms. The van der Waals surface area contributed by atoms with Gasteiger partial charge in [-0.1, -0.05) is 0 Å². The summed E-state index contributed by atoms with van der Waals surface area (Å²) in [7, 11) is 0. The van der Waals surface area contributed by atoms with Crippen LogP contribution < -0.4 is 5.73 Å². The number of benzene rings is 1. The van der Waals surface area contributed by atoms with Gasteiger partial charge in [0.1, 0.15) is 5.82 Å². The Labute approximate surface area is 75.0 Å². The maximum Gasteiger partial charge on any atom is 0.338 e. The van der Waals surface area contributed by atoms with Crippen LogP contribution in [0.25, 0.3) is 0 Å². The van der Waals surface area contributed by atoms with E-state index in [1.165, 1.54) is 12.1 Å². The molecular weight excluding hydrogens is 173 g/mol. The first-order valence-corrected chi connectivity index (χ1v) is 3.78. The molecule has 0 aliphatic rings. The third-order valence-electron chi connectivity index (χ3n) is 1.88. The summed E-state index contributed by atoms with van der Waals surface area (Å²) in [6.07, 6.45) is 0. The number of carbonyl (C=O) groups is 1. The summed E-state index contributed by atoms with van der Waals surface area (Å²) >= 11 is 0. The lowest BCUT2D eigenvalue weighted by Crippen LogP contribution is -2.06. The highest BCUT2D eigenvalue weighted by molar-refractivity contribution is 5.88. The highest BCUT2D eigenvalue weighted by atomic mass is 19.1. The molecular formula is C9H10FNO2. The average molecular weight is 183 g/mol. The van der Waals surface area contributed by atoms with E-state index >= 15 is 0 Å². The molecule has 0 fully saturated rings. The minimum Gasteiger partial charge on any atom is -0.478 e. The number of hydrogen-bond donors (Lipinski definition) is 2. The molecule has 0 aliphatic heterocycles. The number of rotatable bonds is 2. The second kappa shape index (κ2) is 3.53. The summed E-state index contributed by atoms with van der Waals surface area (Å²) in [6.45, 7) is 1.91. The molecule has 3 nitrogen and oxygen atoms in total. The van der Waals surface area contributed by atoms with Crippen LogP contribution in [0.4, 0.5) is 4.39 Å². The van der Waals surface area contributed by atoms with Gasteiger partial charge in [-0.15, -0.1) is 0 Å². The maximum atomic E-state index is 13.0. The van der Waals surface area contributed by atoms with Gasteiger partial charge in [0.15, 0.2) is 0 Å². The van der Waals surface area contributed by atoms with Crippen molar-refractivity contribution in [1.29, 1.82) is 0 Å². The fourth-order valence-corrected chi connectivity index (χ4v) is 1.10. The molecule has 0 heterocycles. The van der Waals surface area contributed by atoms with Crippen molar-refractivity contribution in [3.63, 3.8) is 0 Å². The van der Waals surface area contributed by atoms with Crippen molar-refractivity contribution < 1.29 is 14.3 Å². The molecule has 0 spiro atoms. The predicted molar refractivity (Wildman–Crippen MR) is 46.0 cm³/mol. The number of carboxylic acids is 1. The second-order valence-electron chi connectivity index (χ2n) is 2.77. The molecule has 1 rings (SSSR count). The summed E-state index contributed by atoms with van der Waals surface area (Å²) in [4.78, 5) is 10.5. The Bertz CT molecular complexity index is 350. The van der Waals surface area contributed by atoms with Crippen molar-refractivity contribution in [2.75, 3.05) is 0 Å². The maximum absolute atomic E-state index is 13.0. The minimum atomic E-state index is -1.27. The number of hydrogen-bond acceptors (Lipinski definition) is 2. The van der Waals surface area contributed by atoms with Gasteiger partial charge in [-0.3, -0.25) is 0 Å². The first kappa shape index (κ1) is 9.67. The summed E-state index contributed by atoms with van der Waals surface area (Å²) in [6, 6.07) is 2.46. The molecule has 0 amide bonds. The zero-order chi connectivity index (χ0) is 10.0. The molecule has 0 aromatic heterocycles. The lowest BCUT2D eigenvalue weighted by molar-refractivity contribution is 0.0692. The smallest absolute Gasteiger partial charge is 0.338 e. The van der Waals surface area contributed by atoms with Crippen LogP contribution in [-0.4, -0.2) is 11.1 Å². The van der Waals surface area contributed by atoms with Crippen molar-refractivity contribution in [2.45, 2.75) is 13.5 Å². The van der Waals surface area contributed by atoms with Gasteiger partial charge in [0.05, 0.1) is 5.56 Å². The Kier molecular flexibility index (Phi) is 2.63. The molecule has 0 radical (unpaired) electrons. The van der Waals surface area contributed by atoms with E-state index in [9.17, 15) is 9.18 Å². The molecule has 0 saturated heterocycles. The van der Waals surface area contributed by atoms with E-state index < -0.39 is 11.8 Å². The fraction of sp³-hybridized carbons (Fsp3) is 0.222. The molecule has 0 aliphatic carbocycles. The second-order valence-corrected chi connectivity index (χ2v) is 2.77. The molecule has 1 aromatic rings. The van der Waals surface area contributed by atoms with Crippen LogP contribution in [-0.2, 0) is 6.54 Å². The van der Waals surface area contributed by atoms with E-state index in [0.29, 0.717) is 11.1 Å². The zero-order valence-corrected chi connectivity index (χ0v) is 7.17. The Morgan fingerprint density at radius 2 is 2.23 bits per heavy atom. The van der Waals surface area contributed by atoms with Crippen LogP contribution in [0.2, 0.25) is 0 Å². The molecule has 0 unspecified atom stereocenters. The zero-order valence-electron chi connectivity index (χ0n) is 7.17. The number of aryl methyl sites for hydroxylation is 1. The van der Waals surface area contributed by atoms with Crippen LogP contribution in [0.5, 0.6) is 0 Å². The number of carboxylic acid groups (broad SMARTS) is 1. The topological polar surface area (TPSA) is 63.3 Å².